The Morgan fingerprint density at radius 2 is 2.04 bits per heavy atom. The van der Waals surface area contributed by atoms with Gasteiger partial charge in [-0.05, 0) is 39.6 Å². The van der Waals surface area contributed by atoms with E-state index in [1.54, 1.807) is 24.3 Å². The molecule has 0 fully saturated rings. The Morgan fingerprint density at radius 3 is 2.67 bits per heavy atom. The van der Waals surface area contributed by atoms with Gasteiger partial charge in [-0.1, -0.05) is 12.1 Å². The third kappa shape index (κ3) is 5.93. The average molecular weight is 402 g/mol. The smallest absolute Gasteiger partial charge is 0.435 e. The molecule has 9 heteroatoms. The molecule has 0 atom stereocenters. The number of ether oxygens (including phenoxy) is 2. The Hall–Kier alpha value is -2.13. The second-order valence-electron chi connectivity index (χ2n) is 5.95. The van der Waals surface area contributed by atoms with E-state index in [1.807, 2.05) is 19.0 Å². The topological polar surface area (TPSA) is 51.7 Å². The summed E-state index contributed by atoms with van der Waals surface area (Å²) in [5.74, 6) is -0.489. The molecule has 0 radical (unpaired) electrons. The number of hydrogen-bond donors (Lipinski definition) is 0. The summed E-state index contributed by atoms with van der Waals surface area (Å²) in [6.07, 6.45) is -3.92. The Kier molecular flexibility index (Phi) is 7.20. The van der Waals surface area contributed by atoms with Gasteiger partial charge in [0.2, 0.25) is 0 Å². The summed E-state index contributed by atoms with van der Waals surface area (Å²) < 4.78 is 50.1. The monoisotopic (exact) mass is 402 g/mol. The van der Waals surface area contributed by atoms with E-state index in [2.05, 4.69) is 4.98 Å². The first-order valence-corrected chi connectivity index (χ1v) is 9.17. The van der Waals surface area contributed by atoms with Crippen LogP contribution in [0.4, 0.5) is 13.2 Å². The number of benzene rings is 1. The maximum atomic E-state index is 13.2. The van der Waals surface area contributed by atoms with Gasteiger partial charge in [-0.3, -0.25) is 0 Å². The number of carbonyl (C=O) groups excluding carboxylic acids is 1. The lowest BCUT2D eigenvalue weighted by Crippen LogP contribution is -2.15. The van der Waals surface area contributed by atoms with Gasteiger partial charge in [-0.2, -0.15) is 13.2 Å². The van der Waals surface area contributed by atoms with Gasteiger partial charge in [-0.25, -0.2) is 9.78 Å². The first kappa shape index (κ1) is 21.2. The highest BCUT2D eigenvalue weighted by Crippen LogP contribution is 2.38. The number of alkyl halides is 3. The fourth-order valence-electron chi connectivity index (χ4n) is 2.26. The van der Waals surface area contributed by atoms with Crippen molar-refractivity contribution in [1.82, 2.24) is 9.88 Å². The minimum atomic E-state index is -4.74. The van der Waals surface area contributed by atoms with Crippen molar-refractivity contribution in [3.05, 3.63) is 34.8 Å². The number of nitrogens with zero attached hydrogens (tertiary/aromatic N) is 2. The second-order valence-corrected chi connectivity index (χ2v) is 6.95. The number of thiazole rings is 1. The van der Waals surface area contributed by atoms with Gasteiger partial charge in [-0.15, -0.1) is 11.3 Å². The molecule has 0 saturated carbocycles. The lowest BCUT2D eigenvalue weighted by atomic mass is 10.2. The highest BCUT2D eigenvalue weighted by Gasteiger charge is 2.40. The fraction of sp³-hybridized carbons (Fsp3) is 0.444. The van der Waals surface area contributed by atoms with E-state index in [1.165, 1.54) is 6.92 Å². The van der Waals surface area contributed by atoms with Gasteiger partial charge in [0.25, 0.3) is 0 Å². The van der Waals surface area contributed by atoms with E-state index in [4.69, 9.17) is 9.47 Å². The van der Waals surface area contributed by atoms with Crippen molar-refractivity contribution in [3.8, 4) is 16.3 Å². The zero-order valence-corrected chi connectivity index (χ0v) is 16.1. The Balaban J connectivity index is 2.25. The zero-order valence-electron chi connectivity index (χ0n) is 15.3. The largest absolute Gasteiger partial charge is 0.494 e. The van der Waals surface area contributed by atoms with Crippen molar-refractivity contribution in [2.24, 2.45) is 0 Å². The molecular weight excluding hydrogens is 381 g/mol. The molecular formula is C18H21F3N2O3S. The van der Waals surface area contributed by atoms with Crippen LogP contribution >= 0.6 is 11.3 Å². The first-order chi connectivity index (χ1) is 12.7. The summed E-state index contributed by atoms with van der Waals surface area (Å²) in [5.41, 5.74) is -0.774. The molecule has 0 unspecified atom stereocenters. The molecule has 148 valence electrons. The van der Waals surface area contributed by atoms with Crippen molar-refractivity contribution in [2.75, 3.05) is 33.9 Å². The SMILES string of the molecule is CCOC(=O)c1sc(-c2cccc(OCCCN(C)C)c2)nc1C(F)(F)F. The lowest BCUT2D eigenvalue weighted by molar-refractivity contribution is -0.141. The second kappa shape index (κ2) is 9.18. The third-order valence-corrected chi connectivity index (χ3v) is 4.54. The van der Waals surface area contributed by atoms with Gasteiger partial charge < -0.3 is 14.4 Å². The van der Waals surface area contributed by atoms with Crippen LogP contribution in [0.3, 0.4) is 0 Å². The molecule has 0 aliphatic rings. The normalized spacial score (nSPS) is 11.7. The number of hydrogen-bond acceptors (Lipinski definition) is 6. The number of rotatable bonds is 8. The molecule has 2 rings (SSSR count). The van der Waals surface area contributed by atoms with Crippen molar-refractivity contribution in [1.29, 1.82) is 0 Å². The fourth-order valence-corrected chi connectivity index (χ4v) is 3.24. The number of esters is 1. The Morgan fingerprint density at radius 1 is 1.30 bits per heavy atom. The number of aromatic nitrogens is 1. The molecule has 2 aromatic rings. The number of carbonyl (C=O) groups is 1. The predicted octanol–water partition coefficient (Wildman–Crippen LogP) is 4.34. The van der Waals surface area contributed by atoms with Gasteiger partial charge >= 0.3 is 12.1 Å². The van der Waals surface area contributed by atoms with Gasteiger partial charge in [0.1, 0.15) is 15.6 Å². The van der Waals surface area contributed by atoms with Crippen molar-refractivity contribution >= 4 is 17.3 Å². The van der Waals surface area contributed by atoms with Crippen LogP contribution in [0.2, 0.25) is 0 Å². The standard InChI is InChI=1S/C18H21F3N2O3S/c1-4-25-17(24)14-15(18(19,20)21)22-16(27-14)12-7-5-8-13(11-12)26-10-6-9-23(2)3/h5,7-8,11H,4,6,9-10H2,1-3H3. The van der Waals surface area contributed by atoms with Crippen LogP contribution in [-0.4, -0.2) is 49.7 Å². The van der Waals surface area contributed by atoms with Crippen LogP contribution in [0, 0.1) is 0 Å². The highest BCUT2D eigenvalue weighted by atomic mass is 32.1. The molecule has 1 heterocycles. The average Bonchev–Trinajstić information content (AvgIpc) is 3.05. The van der Waals surface area contributed by atoms with Crippen LogP contribution in [-0.2, 0) is 10.9 Å². The first-order valence-electron chi connectivity index (χ1n) is 8.35. The zero-order chi connectivity index (χ0) is 20.0. The van der Waals surface area contributed by atoms with Crippen LogP contribution in [0.5, 0.6) is 5.75 Å². The summed E-state index contributed by atoms with van der Waals surface area (Å²) in [7, 11) is 3.92. The summed E-state index contributed by atoms with van der Waals surface area (Å²) >= 11 is 0.661. The van der Waals surface area contributed by atoms with Crippen LogP contribution in [0.15, 0.2) is 24.3 Å². The van der Waals surface area contributed by atoms with Crippen molar-refractivity contribution in [2.45, 2.75) is 19.5 Å². The molecule has 27 heavy (non-hydrogen) atoms. The highest BCUT2D eigenvalue weighted by molar-refractivity contribution is 7.17. The molecule has 5 nitrogen and oxygen atoms in total. The Labute approximate surface area is 159 Å². The predicted molar refractivity (Wildman–Crippen MR) is 97.2 cm³/mol. The molecule has 0 spiro atoms. The van der Waals surface area contributed by atoms with Crippen LogP contribution < -0.4 is 4.74 Å². The maximum absolute atomic E-state index is 13.2. The minimum Gasteiger partial charge on any atom is -0.494 e. The molecule has 0 saturated heterocycles. The summed E-state index contributed by atoms with van der Waals surface area (Å²) in [5, 5.41) is 0.0871. The molecule has 0 aliphatic heterocycles. The minimum absolute atomic E-state index is 0.0142. The van der Waals surface area contributed by atoms with E-state index < -0.39 is 22.7 Å². The lowest BCUT2D eigenvalue weighted by Gasteiger charge is -2.10. The van der Waals surface area contributed by atoms with E-state index in [-0.39, 0.29) is 11.6 Å². The Bertz CT molecular complexity index is 775. The molecule has 1 aromatic carbocycles. The molecule has 0 amide bonds. The molecule has 0 bridgehead atoms. The van der Waals surface area contributed by atoms with Gasteiger partial charge in [0.15, 0.2) is 5.69 Å². The number of halogens is 3. The van der Waals surface area contributed by atoms with Crippen molar-refractivity contribution < 1.29 is 27.4 Å². The van der Waals surface area contributed by atoms with Crippen molar-refractivity contribution in [3.63, 3.8) is 0 Å². The maximum Gasteiger partial charge on any atom is 0.435 e. The summed E-state index contributed by atoms with van der Waals surface area (Å²) in [6.45, 7) is 2.87. The van der Waals surface area contributed by atoms with E-state index in [9.17, 15) is 18.0 Å². The van der Waals surface area contributed by atoms with Crippen LogP contribution in [0.25, 0.3) is 10.6 Å². The van der Waals surface area contributed by atoms with Crippen LogP contribution in [0.1, 0.15) is 28.7 Å². The molecule has 1 aromatic heterocycles. The van der Waals surface area contributed by atoms with E-state index >= 15 is 0 Å². The quantitative estimate of drug-likeness (QED) is 0.486. The van der Waals surface area contributed by atoms with Gasteiger partial charge in [0, 0.05) is 12.1 Å². The van der Waals surface area contributed by atoms with Gasteiger partial charge in [0.05, 0.1) is 13.2 Å². The molecule has 0 aliphatic carbocycles. The van der Waals surface area contributed by atoms with E-state index in [0.717, 1.165) is 13.0 Å². The van der Waals surface area contributed by atoms with E-state index in [0.29, 0.717) is 29.3 Å². The summed E-state index contributed by atoms with van der Waals surface area (Å²) in [4.78, 5) is 17.0. The summed E-state index contributed by atoms with van der Waals surface area (Å²) in [6, 6.07) is 6.64. The third-order valence-electron chi connectivity index (χ3n) is 3.46. The molecule has 0 N–H and O–H groups in total.